The first-order valence-corrected chi connectivity index (χ1v) is 9.90. The molecular formula is C17H14ClN3OS3. The van der Waals surface area contributed by atoms with Crippen LogP contribution in [-0.2, 0) is 4.79 Å². The maximum atomic E-state index is 12.3. The molecule has 0 spiro atoms. The highest BCUT2D eigenvalue weighted by Gasteiger charge is 2.17. The fourth-order valence-electron chi connectivity index (χ4n) is 2.02. The van der Waals surface area contributed by atoms with Gasteiger partial charge >= 0.3 is 0 Å². The van der Waals surface area contributed by atoms with E-state index in [1.165, 1.54) is 23.1 Å². The molecule has 0 aliphatic rings. The van der Waals surface area contributed by atoms with Gasteiger partial charge in [-0.25, -0.2) is 4.68 Å². The number of halogens is 1. The highest BCUT2D eigenvalue weighted by atomic mass is 35.5. The summed E-state index contributed by atoms with van der Waals surface area (Å²) < 4.78 is 3.12. The van der Waals surface area contributed by atoms with Gasteiger partial charge in [-0.05, 0) is 55.5 Å². The fourth-order valence-corrected chi connectivity index (χ4v) is 4.65. The molecule has 0 saturated heterocycles. The predicted molar refractivity (Wildman–Crippen MR) is 108 cm³/mol. The molecule has 1 unspecified atom stereocenters. The molecule has 0 aliphatic heterocycles. The van der Waals surface area contributed by atoms with Gasteiger partial charge in [0.25, 0.3) is 0 Å². The third-order valence-corrected chi connectivity index (χ3v) is 5.96. The van der Waals surface area contributed by atoms with Crippen LogP contribution in [0.25, 0.3) is 5.69 Å². The summed E-state index contributed by atoms with van der Waals surface area (Å²) in [7, 11) is 0. The number of anilines is 1. The van der Waals surface area contributed by atoms with Crippen LogP contribution in [0.4, 0.5) is 5.69 Å². The minimum Gasteiger partial charge on any atom is -0.325 e. The molecule has 4 nitrogen and oxygen atoms in total. The maximum absolute atomic E-state index is 12.3. The van der Waals surface area contributed by atoms with Crippen molar-refractivity contribution in [2.45, 2.75) is 16.5 Å². The molecule has 1 amide bonds. The molecule has 1 aromatic heterocycles. The number of para-hydroxylation sites is 1. The Bertz CT molecular complexity index is 922. The molecule has 0 aliphatic carbocycles. The average molecular weight is 408 g/mol. The first-order valence-electron chi connectivity index (χ1n) is 7.41. The van der Waals surface area contributed by atoms with Gasteiger partial charge in [0.1, 0.15) is 0 Å². The van der Waals surface area contributed by atoms with E-state index in [-0.39, 0.29) is 11.2 Å². The van der Waals surface area contributed by atoms with E-state index in [1.54, 1.807) is 28.9 Å². The summed E-state index contributed by atoms with van der Waals surface area (Å²) >= 11 is 14.0. The molecule has 1 N–H and O–H groups in total. The largest absolute Gasteiger partial charge is 0.325 e. The van der Waals surface area contributed by atoms with Gasteiger partial charge in [0.2, 0.25) is 5.91 Å². The molecule has 0 saturated carbocycles. The number of hydrogen-bond donors (Lipinski definition) is 1. The minimum absolute atomic E-state index is 0.0975. The fraction of sp³-hybridized carbons (Fsp3) is 0.118. The third kappa shape index (κ3) is 4.70. The van der Waals surface area contributed by atoms with Gasteiger partial charge in [-0.15, -0.1) is 5.10 Å². The zero-order valence-corrected chi connectivity index (χ0v) is 16.4. The first-order chi connectivity index (χ1) is 12.0. The summed E-state index contributed by atoms with van der Waals surface area (Å²) in [5.74, 6) is -0.0975. The average Bonchev–Trinajstić information content (AvgIpc) is 2.98. The Kier molecular flexibility index (Phi) is 5.90. The van der Waals surface area contributed by atoms with E-state index in [4.69, 9.17) is 23.8 Å². The van der Waals surface area contributed by atoms with Crippen molar-refractivity contribution in [3.05, 3.63) is 63.6 Å². The molecule has 3 aromatic rings. The monoisotopic (exact) mass is 407 g/mol. The lowest BCUT2D eigenvalue weighted by molar-refractivity contribution is -0.115. The van der Waals surface area contributed by atoms with Crippen LogP contribution in [-0.4, -0.2) is 20.9 Å². The van der Waals surface area contributed by atoms with Crippen molar-refractivity contribution >= 4 is 58.5 Å². The van der Waals surface area contributed by atoms with E-state index >= 15 is 0 Å². The normalized spacial score (nSPS) is 11.9. The molecule has 8 heteroatoms. The van der Waals surface area contributed by atoms with E-state index in [2.05, 4.69) is 10.4 Å². The number of hydrogen-bond acceptors (Lipinski definition) is 5. The van der Waals surface area contributed by atoms with Crippen LogP contribution in [0.5, 0.6) is 0 Å². The molecule has 3 rings (SSSR count). The topological polar surface area (TPSA) is 46.9 Å². The summed E-state index contributed by atoms with van der Waals surface area (Å²) in [5.41, 5.74) is 1.62. The second-order valence-electron chi connectivity index (χ2n) is 5.14. The Morgan fingerprint density at radius 3 is 2.60 bits per heavy atom. The molecule has 0 bridgehead atoms. The smallest absolute Gasteiger partial charge is 0.237 e. The van der Waals surface area contributed by atoms with Gasteiger partial charge in [0.05, 0.1) is 10.9 Å². The number of amides is 1. The lowest BCUT2D eigenvalue weighted by Gasteiger charge is -2.10. The zero-order valence-electron chi connectivity index (χ0n) is 13.2. The van der Waals surface area contributed by atoms with Gasteiger partial charge in [0, 0.05) is 10.7 Å². The van der Waals surface area contributed by atoms with E-state index in [0.29, 0.717) is 14.7 Å². The van der Waals surface area contributed by atoms with Crippen molar-refractivity contribution in [1.29, 1.82) is 0 Å². The summed E-state index contributed by atoms with van der Waals surface area (Å²) in [6.45, 7) is 1.84. The van der Waals surface area contributed by atoms with Crippen molar-refractivity contribution in [2.75, 3.05) is 5.32 Å². The molecule has 0 fully saturated rings. The lowest BCUT2D eigenvalue weighted by Crippen LogP contribution is -2.22. The number of carbonyl (C=O) groups excluding carboxylic acids is 1. The van der Waals surface area contributed by atoms with Crippen LogP contribution in [0.15, 0.2) is 58.9 Å². The number of thioether (sulfide) groups is 1. The van der Waals surface area contributed by atoms with Crippen LogP contribution in [0.3, 0.4) is 0 Å². The van der Waals surface area contributed by atoms with Crippen LogP contribution in [0, 0.1) is 3.95 Å². The van der Waals surface area contributed by atoms with Crippen molar-refractivity contribution in [3.8, 4) is 5.69 Å². The van der Waals surface area contributed by atoms with Crippen molar-refractivity contribution in [1.82, 2.24) is 9.78 Å². The van der Waals surface area contributed by atoms with Gasteiger partial charge in [-0.3, -0.25) is 4.79 Å². The zero-order chi connectivity index (χ0) is 17.8. The lowest BCUT2D eigenvalue weighted by atomic mass is 10.3. The quantitative estimate of drug-likeness (QED) is 0.452. The highest BCUT2D eigenvalue weighted by Crippen LogP contribution is 2.28. The Balaban J connectivity index is 1.68. The highest BCUT2D eigenvalue weighted by molar-refractivity contribution is 8.02. The van der Waals surface area contributed by atoms with Gasteiger partial charge in [-0.1, -0.05) is 52.9 Å². The predicted octanol–water partition coefficient (Wildman–Crippen LogP) is 5.44. The molecule has 2 aromatic carbocycles. The second-order valence-corrected chi connectivity index (χ2v) is 8.78. The van der Waals surface area contributed by atoms with E-state index < -0.39 is 0 Å². The third-order valence-electron chi connectivity index (χ3n) is 3.29. The molecular weight excluding hydrogens is 394 g/mol. The van der Waals surface area contributed by atoms with Crippen molar-refractivity contribution in [2.24, 2.45) is 0 Å². The molecule has 1 heterocycles. The number of carbonyl (C=O) groups is 1. The van der Waals surface area contributed by atoms with E-state index in [1.807, 2.05) is 37.3 Å². The van der Waals surface area contributed by atoms with Gasteiger partial charge in [0.15, 0.2) is 8.29 Å². The number of benzene rings is 2. The maximum Gasteiger partial charge on any atom is 0.237 e. The Labute approximate surface area is 163 Å². The van der Waals surface area contributed by atoms with Gasteiger partial charge < -0.3 is 5.32 Å². The number of rotatable bonds is 5. The molecule has 128 valence electrons. The minimum atomic E-state index is -0.305. The van der Waals surface area contributed by atoms with Crippen molar-refractivity contribution < 1.29 is 4.79 Å². The number of nitrogens with one attached hydrogen (secondary N) is 1. The molecule has 0 radical (unpaired) electrons. The Hall–Kier alpha value is -1.67. The summed E-state index contributed by atoms with van der Waals surface area (Å²) in [5, 5.41) is 7.71. The Morgan fingerprint density at radius 1 is 1.24 bits per heavy atom. The summed E-state index contributed by atoms with van der Waals surface area (Å²) in [4.78, 5) is 12.3. The summed E-state index contributed by atoms with van der Waals surface area (Å²) in [6.07, 6.45) is 0. The molecule has 1 atom stereocenters. The summed E-state index contributed by atoms with van der Waals surface area (Å²) in [6, 6.07) is 16.7. The van der Waals surface area contributed by atoms with Gasteiger partial charge in [-0.2, -0.15) is 0 Å². The second kappa shape index (κ2) is 8.14. The van der Waals surface area contributed by atoms with Crippen LogP contribution in [0.1, 0.15) is 6.92 Å². The SMILES string of the molecule is CC(Sc1nn(-c2ccccc2)c(=S)s1)C(=O)Nc1ccc(Cl)cc1. The van der Waals surface area contributed by atoms with Crippen LogP contribution < -0.4 is 5.32 Å². The number of nitrogens with zero attached hydrogens (tertiary/aromatic N) is 2. The van der Waals surface area contributed by atoms with Crippen LogP contribution >= 0.6 is 46.9 Å². The Morgan fingerprint density at radius 2 is 1.92 bits per heavy atom. The van der Waals surface area contributed by atoms with E-state index in [9.17, 15) is 4.79 Å². The first kappa shape index (κ1) is 18.1. The number of aromatic nitrogens is 2. The molecule has 25 heavy (non-hydrogen) atoms. The van der Waals surface area contributed by atoms with Crippen molar-refractivity contribution in [3.63, 3.8) is 0 Å². The standard InChI is InChI=1S/C17H14ClN3OS3/c1-11(15(22)19-13-9-7-12(18)8-10-13)24-16-20-21(17(23)25-16)14-5-3-2-4-6-14/h2-11H,1H3,(H,19,22). The van der Waals surface area contributed by atoms with Crippen LogP contribution in [0.2, 0.25) is 5.02 Å². The van der Waals surface area contributed by atoms with E-state index in [0.717, 1.165) is 10.0 Å².